The molecular weight excluding hydrogens is 234 g/mol. The van der Waals surface area contributed by atoms with E-state index >= 15 is 0 Å². The summed E-state index contributed by atoms with van der Waals surface area (Å²) >= 11 is 0. The van der Waals surface area contributed by atoms with Gasteiger partial charge in [0.1, 0.15) is 5.82 Å². The Labute approximate surface area is 104 Å². The molecule has 2 aromatic rings. The van der Waals surface area contributed by atoms with Crippen molar-refractivity contribution in [1.82, 2.24) is 19.6 Å². The molecule has 0 aliphatic rings. The van der Waals surface area contributed by atoms with Crippen molar-refractivity contribution in [3.63, 3.8) is 0 Å². The van der Waals surface area contributed by atoms with Crippen molar-refractivity contribution in [3.05, 3.63) is 34.7 Å². The zero-order chi connectivity index (χ0) is 13.0. The molecule has 0 radical (unpaired) electrons. The minimum absolute atomic E-state index is 0.143. The van der Waals surface area contributed by atoms with Crippen molar-refractivity contribution >= 4 is 5.82 Å². The highest BCUT2D eigenvalue weighted by Crippen LogP contribution is 2.01. The van der Waals surface area contributed by atoms with E-state index in [9.17, 15) is 4.79 Å². The van der Waals surface area contributed by atoms with E-state index in [-0.39, 0.29) is 5.56 Å². The number of hydrogen-bond donors (Lipinski definition) is 1. The van der Waals surface area contributed by atoms with E-state index in [0.717, 1.165) is 6.42 Å². The van der Waals surface area contributed by atoms with Gasteiger partial charge in [-0.25, -0.2) is 4.68 Å². The van der Waals surface area contributed by atoms with Crippen molar-refractivity contribution in [1.29, 1.82) is 0 Å². The summed E-state index contributed by atoms with van der Waals surface area (Å²) < 4.78 is 8.09. The highest BCUT2D eigenvalue weighted by Gasteiger charge is 2.01. The molecule has 0 aliphatic heterocycles. The molecule has 2 rings (SSSR count). The minimum atomic E-state index is -0.143. The van der Waals surface area contributed by atoms with Crippen LogP contribution in [0.15, 0.2) is 29.2 Å². The Morgan fingerprint density at radius 3 is 2.78 bits per heavy atom. The van der Waals surface area contributed by atoms with Gasteiger partial charge in [-0.15, -0.1) is 5.10 Å². The Morgan fingerprint density at radius 2 is 2.11 bits per heavy atom. The number of ether oxygens (including phenoxy) is 1. The van der Waals surface area contributed by atoms with Gasteiger partial charge in [-0.3, -0.25) is 9.48 Å². The molecule has 0 spiro atoms. The van der Waals surface area contributed by atoms with Crippen molar-refractivity contribution in [2.45, 2.75) is 19.5 Å². The molecule has 18 heavy (non-hydrogen) atoms. The number of methoxy groups -OCH3 is 1. The fourth-order valence-electron chi connectivity index (χ4n) is 1.58. The van der Waals surface area contributed by atoms with Gasteiger partial charge in [0.2, 0.25) is 5.88 Å². The van der Waals surface area contributed by atoms with Crippen molar-refractivity contribution in [2.24, 2.45) is 0 Å². The molecule has 7 heteroatoms. The van der Waals surface area contributed by atoms with Gasteiger partial charge in [0.15, 0.2) is 0 Å². The fourth-order valence-corrected chi connectivity index (χ4v) is 1.58. The zero-order valence-electron chi connectivity index (χ0n) is 10.1. The summed E-state index contributed by atoms with van der Waals surface area (Å²) in [6.45, 7) is 1.19. The second kappa shape index (κ2) is 5.35. The summed E-state index contributed by atoms with van der Waals surface area (Å²) in [6, 6.07) is 4.72. The second-order valence-corrected chi connectivity index (χ2v) is 3.79. The van der Waals surface area contributed by atoms with Crippen LogP contribution in [0.2, 0.25) is 0 Å². The van der Waals surface area contributed by atoms with Crippen LogP contribution in [0, 0.1) is 0 Å². The molecule has 2 N–H and O–H groups in total. The molecule has 0 aliphatic carbocycles. The first-order valence-corrected chi connectivity index (χ1v) is 5.60. The zero-order valence-corrected chi connectivity index (χ0v) is 10.1. The van der Waals surface area contributed by atoms with Crippen molar-refractivity contribution in [2.75, 3.05) is 12.8 Å². The average molecular weight is 249 g/mol. The van der Waals surface area contributed by atoms with Gasteiger partial charge in [0.05, 0.1) is 7.11 Å². The van der Waals surface area contributed by atoms with Crippen LogP contribution in [0.4, 0.5) is 5.82 Å². The number of nitrogens with zero attached hydrogens (tertiary/aromatic N) is 4. The quantitative estimate of drug-likeness (QED) is 0.813. The Balaban J connectivity index is 1.95. The van der Waals surface area contributed by atoms with Crippen LogP contribution in [-0.2, 0) is 13.1 Å². The van der Waals surface area contributed by atoms with E-state index in [1.54, 1.807) is 23.0 Å². The SMILES string of the molecule is COc1ccc(=O)n(CCCn2ccc(N)n2)n1. The molecule has 2 heterocycles. The molecule has 0 fully saturated rings. The number of nitrogen functional groups attached to an aromatic ring is 1. The molecule has 2 aromatic heterocycles. The Kier molecular flexibility index (Phi) is 3.61. The van der Waals surface area contributed by atoms with Crippen LogP contribution >= 0.6 is 0 Å². The number of nitrogens with two attached hydrogens (primary N) is 1. The van der Waals surface area contributed by atoms with Gasteiger partial charge in [0.25, 0.3) is 5.56 Å². The molecule has 0 amide bonds. The Morgan fingerprint density at radius 1 is 1.28 bits per heavy atom. The summed E-state index contributed by atoms with van der Waals surface area (Å²) in [4.78, 5) is 11.5. The predicted octanol–water partition coefficient (Wildman–Crippen LogP) is 0.121. The van der Waals surface area contributed by atoms with Gasteiger partial charge in [-0.2, -0.15) is 5.10 Å². The van der Waals surface area contributed by atoms with Gasteiger partial charge in [-0.1, -0.05) is 0 Å². The summed E-state index contributed by atoms with van der Waals surface area (Å²) in [7, 11) is 1.52. The van der Waals surface area contributed by atoms with Crippen LogP contribution in [0.3, 0.4) is 0 Å². The third kappa shape index (κ3) is 2.88. The second-order valence-electron chi connectivity index (χ2n) is 3.79. The molecule has 0 saturated heterocycles. The van der Waals surface area contributed by atoms with Gasteiger partial charge in [0, 0.05) is 31.4 Å². The van der Waals surface area contributed by atoms with E-state index in [0.29, 0.717) is 24.8 Å². The maximum absolute atomic E-state index is 11.5. The first-order chi connectivity index (χ1) is 8.69. The number of aryl methyl sites for hydroxylation is 2. The monoisotopic (exact) mass is 249 g/mol. The largest absolute Gasteiger partial charge is 0.480 e. The molecule has 0 saturated carbocycles. The van der Waals surface area contributed by atoms with Crippen molar-refractivity contribution < 1.29 is 4.74 Å². The van der Waals surface area contributed by atoms with Crippen molar-refractivity contribution in [3.8, 4) is 5.88 Å². The van der Waals surface area contributed by atoms with E-state index < -0.39 is 0 Å². The average Bonchev–Trinajstić information content (AvgIpc) is 2.77. The van der Waals surface area contributed by atoms with Crippen LogP contribution < -0.4 is 16.0 Å². The van der Waals surface area contributed by atoms with Crippen LogP contribution in [-0.4, -0.2) is 26.7 Å². The Bertz CT molecular complexity index is 575. The molecule has 0 unspecified atom stereocenters. The summed E-state index contributed by atoms with van der Waals surface area (Å²) in [5.74, 6) is 0.921. The summed E-state index contributed by atoms with van der Waals surface area (Å²) in [5, 5.41) is 8.11. The first kappa shape index (κ1) is 12.2. The standard InChI is InChI=1S/C11H15N5O2/c1-18-10-3-4-11(17)16(14-10)7-2-6-15-8-5-9(12)13-15/h3-5,8H,2,6-7H2,1H3,(H2,12,13). The maximum Gasteiger partial charge on any atom is 0.266 e. The molecular formula is C11H15N5O2. The molecule has 7 nitrogen and oxygen atoms in total. The highest BCUT2D eigenvalue weighted by molar-refractivity contribution is 5.23. The highest BCUT2D eigenvalue weighted by atomic mass is 16.5. The van der Waals surface area contributed by atoms with E-state index in [4.69, 9.17) is 10.5 Å². The Hall–Kier alpha value is -2.31. The smallest absolute Gasteiger partial charge is 0.266 e. The van der Waals surface area contributed by atoms with E-state index in [1.165, 1.54) is 17.9 Å². The van der Waals surface area contributed by atoms with Crippen LogP contribution in [0.5, 0.6) is 5.88 Å². The topological polar surface area (TPSA) is 88.0 Å². The lowest BCUT2D eigenvalue weighted by atomic mass is 10.4. The third-order valence-corrected chi connectivity index (χ3v) is 2.47. The van der Waals surface area contributed by atoms with E-state index in [2.05, 4.69) is 10.2 Å². The normalized spacial score (nSPS) is 10.5. The fraction of sp³-hybridized carbons (Fsp3) is 0.364. The number of rotatable bonds is 5. The maximum atomic E-state index is 11.5. The van der Waals surface area contributed by atoms with Gasteiger partial charge >= 0.3 is 0 Å². The number of aromatic nitrogens is 4. The number of anilines is 1. The van der Waals surface area contributed by atoms with Crippen LogP contribution in [0.25, 0.3) is 0 Å². The number of hydrogen-bond acceptors (Lipinski definition) is 5. The van der Waals surface area contributed by atoms with Gasteiger partial charge in [-0.05, 0) is 12.5 Å². The molecule has 0 aromatic carbocycles. The summed E-state index contributed by atoms with van der Waals surface area (Å²) in [5.41, 5.74) is 5.36. The van der Waals surface area contributed by atoms with E-state index in [1.807, 2.05) is 0 Å². The predicted molar refractivity (Wildman–Crippen MR) is 66.3 cm³/mol. The lowest BCUT2D eigenvalue weighted by Gasteiger charge is -2.06. The first-order valence-electron chi connectivity index (χ1n) is 5.60. The lowest BCUT2D eigenvalue weighted by molar-refractivity contribution is 0.371. The summed E-state index contributed by atoms with van der Waals surface area (Å²) in [6.07, 6.45) is 2.54. The lowest BCUT2D eigenvalue weighted by Crippen LogP contribution is -2.22. The minimum Gasteiger partial charge on any atom is -0.480 e. The molecule has 0 atom stereocenters. The van der Waals surface area contributed by atoms with Crippen LogP contribution in [0.1, 0.15) is 6.42 Å². The molecule has 96 valence electrons. The third-order valence-electron chi connectivity index (χ3n) is 2.47. The van der Waals surface area contributed by atoms with Gasteiger partial charge < -0.3 is 10.5 Å². The molecule has 0 bridgehead atoms.